The summed E-state index contributed by atoms with van der Waals surface area (Å²) in [4.78, 5) is 28.1. The summed E-state index contributed by atoms with van der Waals surface area (Å²) in [6, 6.07) is 13.3. The molecule has 0 N–H and O–H groups in total. The molecule has 0 bridgehead atoms. The minimum atomic E-state index is -0.389. The molecule has 3 aliphatic rings. The Morgan fingerprint density at radius 3 is 2.69 bits per heavy atom. The van der Waals surface area contributed by atoms with E-state index in [9.17, 15) is 9.59 Å². The fourth-order valence-electron chi connectivity index (χ4n) is 4.97. The number of amides is 1. The van der Waals surface area contributed by atoms with Gasteiger partial charge in [-0.15, -0.1) is 0 Å². The maximum absolute atomic E-state index is 13.7. The van der Waals surface area contributed by atoms with Gasteiger partial charge in [0.2, 0.25) is 6.79 Å². The first kappa shape index (κ1) is 23.4. The summed E-state index contributed by atoms with van der Waals surface area (Å²) in [5, 5.41) is 6.38. The molecule has 8 nitrogen and oxygen atoms in total. The number of hydrazone groups is 1. The summed E-state index contributed by atoms with van der Waals surface area (Å²) >= 11 is 0. The molecule has 8 heteroatoms. The normalized spacial score (nSPS) is 21.7. The van der Waals surface area contributed by atoms with E-state index in [1.165, 1.54) is 5.56 Å². The number of likely N-dealkylation sites (tertiary alicyclic amines) is 1. The van der Waals surface area contributed by atoms with Gasteiger partial charge in [0, 0.05) is 6.42 Å². The van der Waals surface area contributed by atoms with Crippen molar-refractivity contribution in [2.24, 2.45) is 5.10 Å². The highest BCUT2D eigenvalue weighted by atomic mass is 16.7. The zero-order valence-electron chi connectivity index (χ0n) is 20.2. The number of esters is 1. The lowest BCUT2D eigenvalue weighted by molar-refractivity contribution is -0.152. The molecule has 0 aliphatic carbocycles. The van der Waals surface area contributed by atoms with Crippen molar-refractivity contribution in [1.82, 2.24) is 9.91 Å². The Morgan fingerprint density at radius 1 is 1.09 bits per heavy atom. The Labute approximate surface area is 205 Å². The van der Waals surface area contributed by atoms with E-state index in [1.54, 1.807) is 11.9 Å². The summed E-state index contributed by atoms with van der Waals surface area (Å²) < 4.78 is 16.3. The van der Waals surface area contributed by atoms with Gasteiger partial charge in [0.05, 0.1) is 24.9 Å². The van der Waals surface area contributed by atoms with Crippen molar-refractivity contribution in [3.8, 4) is 11.5 Å². The van der Waals surface area contributed by atoms with Crippen LogP contribution in [-0.4, -0.2) is 60.0 Å². The van der Waals surface area contributed by atoms with Crippen molar-refractivity contribution in [3.05, 3.63) is 59.2 Å². The molecular weight excluding hydrogens is 446 g/mol. The number of ether oxygens (including phenoxy) is 3. The standard InChI is InChI=1S/C27H31N3O5/c1-3-33-27(32)22-6-4-5-13-29(22)16-26(31)30-23(20-11-12-24-25(14-20)35-17-34-24)15-21(28-30)19-9-7-18(2)8-10-19/h7-12,14,22-23H,3-6,13,15-17H2,1-2H3/t22-,23-/m0/s1. The Kier molecular flexibility index (Phi) is 6.72. The highest BCUT2D eigenvalue weighted by Crippen LogP contribution is 2.39. The second kappa shape index (κ2) is 10.1. The number of carbonyl (C=O) groups excluding carboxylic acids is 2. The molecule has 0 spiro atoms. The highest BCUT2D eigenvalue weighted by Gasteiger charge is 2.37. The van der Waals surface area contributed by atoms with Gasteiger partial charge in [0.1, 0.15) is 6.04 Å². The van der Waals surface area contributed by atoms with Gasteiger partial charge in [-0.25, -0.2) is 5.01 Å². The van der Waals surface area contributed by atoms with Crippen molar-refractivity contribution in [2.45, 2.75) is 51.6 Å². The number of hydrogen-bond acceptors (Lipinski definition) is 7. The molecular formula is C27H31N3O5. The van der Waals surface area contributed by atoms with Crippen LogP contribution in [0.15, 0.2) is 47.6 Å². The largest absolute Gasteiger partial charge is 0.465 e. The van der Waals surface area contributed by atoms with E-state index in [4.69, 9.17) is 19.3 Å². The zero-order chi connectivity index (χ0) is 24.4. The highest BCUT2D eigenvalue weighted by molar-refractivity contribution is 6.03. The van der Waals surface area contributed by atoms with Crippen LogP contribution in [0.3, 0.4) is 0 Å². The Morgan fingerprint density at radius 2 is 1.89 bits per heavy atom. The number of piperidine rings is 1. The van der Waals surface area contributed by atoms with Crippen molar-refractivity contribution < 1.29 is 23.8 Å². The lowest BCUT2D eigenvalue weighted by atomic mass is 9.97. The number of aryl methyl sites for hydroxylation is 1. The number of nitrogens with zero attached hydrogens (tertiary/aromatic N) is 3. The summed E-state index contributed by atoms with van der Waals surface area (Å²) in [7, 11) is 0. The Balaban J connectivity index is 1.42. The molecule has 1 saturated heterocycles. The maximum atomic E-state index is 13.7. The molecule has 1 fully saturated rings. The molecule has 1 amide bonds. The Bertz CT molecular complexity index is 1130. The fraction of sp³-hybridized carbons (Fsp3) is 0.444. The van der Waals surface area contributed by atoms with Gasteiger partial charge in [-0.05, 0) is 56.5 Å². The lowest BCUT2D eigenvalue weighted by Crippen LogP contribution is -2.49. The number of rotatable bonds is 6. The minimum absolute atomic E-state index is 0.120. The molecule has 184 valence electrons. The van der Waals surface area contributed by atoms with E-state index >= 15 is 0 Å². The van der Waals surface area contributed by atoms with Crippen LogP contribution in [0.5, 0.6) is 11.5 Å². The molecule has 0 unspecified atom stereocenters. The second-order valence-electron chi connectivity index (χ2n) is 9.22. The van der Waals surface area contributed by atoms with E-state index in [0.29, 0.717) is 37.5 Å². The molecule has 5 rings (SSSR count). The van der Waals surface area contributed by atoms with Crippen LogP contribution in [0.25, 0.3) is 0 Å². The molecule has 0 aromatic heterocycles. The van der Waals surface area contributed by atoms with Crippen LogP contribution in [0.4, 0.5) is 0 Å². The molecule has 0 saturated carbocycles. The third-order valence-corrected chi connectivity index (χ3v) is 6.84. The number of carbonyl (C=O) groups is 2. The van der Waals surface area contributed by atoms with Crippen LogP contribution in [0, 0.1) is 6.92 Å². The molecule has 2 atom stereocenters. The van der Waals surface area contributed by atoms with E-state index in [-0.39, 0.29) is 37.3 Å². The van der Waals surface area contributed by atoms with Crippen LogP contribution in [-0.2, 0) is 14.3 Å². The molecule has 2 aromatic rings. The SMILES string of the molecule is CCOC(=O)[C@@H]1CCCCN1CC(=O)N1N=C(c2ccc(C)cc2)C[C@H]1c1ccc2c(c1)OCO2. The van der Waals surface area contributed by atoms with Gasteiger partial charge in [-0.1, -0.05) is 42.3 Å². The molecule has 2 aromatic carbocycles. The first-order chi connectivity index (χ1) is 17.0. The fourth-order valence-corrected chi connectivity index (χ4v) is 4.97. The second-order valence-corrected chi connectivity index (χ2v) is 9.22. The van der Waals surface area contributed by atoms with Crippen LogP contribution < -0.4 is 9.47 Å². The first-order valence-electron chi connectivity index (χ1n) is 12.3. The summed E-state index contributed by atoms with van der Waals surface area (Å²) in [5.41, 5.74) is 3.97. The maximum Gasteiger partial charge on any atom is 0.323 e. The summed E-state index contributed by atoms with van der Waals surface area (Å²) in [5.74, 6) is 0.996. The van der Waals surface area contributed by atoms with Gasteiger partial charge in [0.25, 0.3) is 5.91 Å². The molecule has 3 heterocycles. The van der Waals surface area contributed by atoms with E-state index in [0.717, 1.165) is 29.7 Å². The average Bonchev–Trinajstić information content (AvgIpc) is 3.52. The van der Waals surface area contributed by atoms with Gasteiger partial charge in [0.15, 0.2) is 11.5 Å². The number of benzene rings is 2. The van der Waals surface area contributed by atoms with E-state index in [2.05, 4.69) is 12.1 Å². The van der Waals surface area contributed by atoms with Crippen molar-refractivity contribution in [3.63, 3.8) is 0 Å². The van der Waals surface area contributed by atoms with Crippen LogP contribution in [0.1, 0.15) is 55.3 Å². The zero-order valence-corrected chi connectivity index (χ0v) is 20.2. The predicted octanol–water partition coefficient (Wildman–Crippen LogP) is 3.82. The number of hydrogen-bond donors (Lipinski definition) is 0. The van der Waals surface area contributed by atoms with E-state index < -0.39 is 0 Å². The van der Waals surface area contributed by atoms with Crippen LogP contribution in [0.2, 0.25) is 0 Å². The van der Waals surface area contributed by atoms with Crippen molar-refractivity contribution in [1.29, 1.82) is 0 Å². The quantitative estimate of drug-likeness (QED) is 0.589. The van der Waals surface area contributed by atoms with E-state index in [1.807, 2.05) is 42.2 Å². The van der Waals surface area contributed by atoms with Gasteiger partial charge < -0.3 is 14.2 Å². The molecule has 3 aliphatic heterocycles. The van der Waals surface area contributed by atoms with Gasteiger partial charge >= 0.3 is 5.97 Å². The smallest absolute Gasteiger partial charge is 0.323 e. The molecule has 35 heavy (non-hydrogen) atoms. The van der Waals surface area contributed by atoms with Crippen LogP contribution >= 0.6 is 0 Å². The average molecular weight is 478 g/mol. The van der Waals surface area contributed by atoms with Gasteiger partial charge in [-0.3, -0.25) is 14.5 Å². The van der Waals surface area contributed by atoms with Crippen molar-refractivity contribution in [2.75, 3.05) is 26.5 Å². The topological polar surface area (TPSA) is 80.7 Å². The lowest BCUT2D eigenvalue weighted by Gasteiger charge is -2.34. The third-order valence-electron chi connectivity index (χ3n) is 6.84. The third kappa shape index (κ3) is 4.89. The first-order valence-corrected chi connectivity index (χ1v) is 12.3. The minimum Gasteiger partial charge on any atom is -0.465 e. The van der Waals surface area contributed by atoms with Crippen molar-refractivity contribution >= 4 is 17.6 Å². The summed E-state index contributed by atoms with van der Waals surface area (Å²) in [6.07, 6.45) is 3.20. The van der Waals surface area contributed by atoms with Gasteiger partial charge in [-0.2, -0.15) is 5.10 Å². The molecule has 0 radical (unpaired) electrons. The Hall–Kier alpha value is -3.39. The number of fused-ring (bicyclic) bond motifs is 1. The monoisotopic (exact) mass is 477 g/mol. The summed E-state index contributed by atoms with van der Waals surface area (Å²) in [6.45, 7) is 5.18. The predicted molar refractivity (Wildman–Crippen MR) is 130 cm³/mol.